The third-order valence-electron chi connectivity index (χ3n) is 3.44. The van der Waals surface area contributed by atoms with Gasteiger partial charge in [-0.2, -0.15) is 12.6 Å². The highest BCUT2D eigenvalue weighted by Gasteiger charge is 2.11. The van der Waals surface area contributed by atoms with Crippen molar-refractivity contribution >= 4 is 12.6 Å². The molecule has 3 heteroatoms. The van der Waals surface area contributed by atoms with Crippen LogP contribution in [-0.4, -0.2) is 31.6 Å². The number of hydrogen-bond acceptors (Lipinski definition) is 3. The van der Waals surface area contributed by atoms with E-state index in [0.717, 1.165) is 25.4 Å². The molecule has 0 saturated heterocycles. The van der Waals surface area contributed by atoms with Crippen LogP contribution in [0.2, 0.25) is 0 Å². The van der Waals surface area contributed by atoms with Crippen molar-refractivity contribution in [1.82, 2.24) is 5.32 Å². The zero-order chi connectivity index (χ0) is 12.2. The maximum atomic E-state index is 5.96. The average molecular weight is 259 g/mol. The van der Waals surface area contributed by atoms with E-state index in [-0.39, 0.29) is 0 Å². The van der Waals surface area contributed by atoms with Gasteiger partial charge in [0, 0.05) is 18.9 Å². The number of ether oxygens (including phenoxy) is 1. The molecular formula is C14H29NOS. The van der Waals surface area contributed by atoms with Crippen LogP contribution in [0.3, 0.4) is 0 Å². The van der Waals surface area contributed by atoms with E-state index >= 15 is 0 Å². The molecule has 0 heterocycles. The highest BCUT2D eigenvalue weighted by Crippen LogP contribution is 2.19. The van der Waals surface area contributed by atoms with Gasteiger partial charge >= 0.3 is 0 Å². The minimum Gasteiger partial charge on any atom is -0.378 e. The third kappa shape index (κ3) is 8.92. The molecule has 0 aromatic carbocycles. The van der Waals surface area contributed by atoms with Gasteiger partial charge in [-0.05, 0) is 38.6 Å². The van der Waals surface area contributed by atoms with Crippen LogP contribution in [0.25, 0.3) is 0 Å². The van der Waals surface area contributed by atoms with Crippen molar-refractivity contribution in [2.45, 2.75) is 63.9 Å². The summed E-state index contributed by atoms with van der Waals surface area (Å²) < 4.78 is 5.96. The zero-order valence-corrected chi connectivity index (χ0v) is 12.0. The molecule has 0 aromatic heterocycles. The van der Waals surface area contributed by atoms with E-state index < -0.39 is 0 Å². The largest absolute Gasteiger partial charge is 0.378 e. The predicted molar refractivity (Wildman–Crippen MR) is 78.0 cm³/mol. The lowest BCUT2D eigenvalue weighted by Crippen LogP contribution is -2.18. The summed E-state index contributed by atoms with van der Waals surface area (Å²) in [6.07, 6.45) is 12.5. The van der Waals surface area contributed by atoms with Crippen molar-refractivity contribution in [3.05, 3.63) is 0 Å². The van der Waals surface area contributed by atoms with Crippen LogP contribution in [0.1, 0.15) is 57.8 Å². The van der Waals surface area contributed by atoms with E-state index in [1.54, 1.807) is 0 Å². The molecule has 0 aliphatic heterocycles. The normalized spacial score (nSPS) is 18.2. The molecular weight excluding hydrogens is 230 g/mol. The molecule has 0 radical (unpaired) electrons. The van der Waals surface area contributed by atoms with Crippen molar-refractivity contribution in [3.63, 3.8) is 0 Å². The maximum absolute atomic E-state index is 5.96. The van der Waals surface area contributed by atoms with Crippen LogP contribution < -0.4 is 5.32 Å². The molecule has 0 aromatic rings. The molecule has 0 atom stereocenters. The van der Waals surface area contributed by atoms with E-state index in [0.29, 0.717) is 6.10 Å². The SMILES string of the molecule is SCCNCCCCCOC1CCCCCC1. The van der Waals surface area contributed by atoms with Gasteiger partial charge in [0.2, 0.25) is 0 Å². The lowest BCUT2D eigenvalue weighted by molar-refractivity contribution is 0.0408. The lowest BCUT2D eigenvalue weighted by atomic mass is 10.1. The Hall–Kier alpha value is 0.270. The summed E-state index contributed by atoms with van der Waals surface area (Å²) in [5.74, 6) is 0.935. The first-order valence-corrected chi connectivity index (χ1v) is 8.00. The fourth-order valence-corrected chi connectivity index (χ4v) is 2.55. The Morgan fingerprint density at radius 1 is 0.941 bits per heavy atom. The molecule has 0 spiro atoms. The standard InChI is InChI=1S/C14H29NOS/c17-13-11-15-10-6-3-7-12-16-14-8-4-1-2-5-9-14/h14-15,17H,1-13H2. The highest BCUT2D eigenvalue weighted by atomic mass is 32.1. The number of nitrogens with one attached hydrogen (secondary N) is 1. The first-order chi connectivity index (χ1) is 8.43. The van der Waals surface area contributed by atoms with Crippen LogP contribution in [-0.2, 0) is 4.74 Å². The van der Waals surface area contributed by atoms with Crippen molar-refractivity contribution in [2.24, 2.45) is 0 Å². The second-order valence-electron chi connectivity index (χ2n) is 5.02. The van der Waals surface area contributed by atoms with Crippen LogP contribution in [0.5, 0.6) is 0 Å². The molecule has 2 nitrogen and oxygen atoms in total. The van der Waals surface area contributed by atoms with Gasteiger partial charge in [-0.3, -0.25) is 0 Å². The van der Waals surface area contributed by atoms with Gasteiger partial charge in [0.25, 0.3) is 0 Å². The molecule has 1 fully saturated rings. The van der Waals surface area contributed by atoms with Gasteiger partial charge in [0.1, 0.15) is 0 Å². The molecule has 1 aliphatic carbocycles. The fraction of sp³-hybridized carbons (Fsp3) is 1.00. The quantitative estimate of drug-likeness (QED) is 0.376. The summed E-state index contributed by atoms with van der Waals surface area (Å²) in [6.45, 7) is 3.13. The van der Waals surface area contributed by atoms with E-state index in [1.807, 2.05) is 0 Å². The molecule has 1 saturated carbocycles. The van der Waals surface area contributed by atoms with E-state index in [9.17, 15) is 0 Å². The Balaban J connectivity index is 1.82. The lowest BCUT2D eigenvalue weighted by Gasteiger charge is -2.15. The van der Waals surface area contributed by atoms with Crippen molar-refractivity contribution in [2.75, 3.05) is 25.4 Å². The first kappa shape index (κ1) is 15.3. The Labute approximate surface area is 112 Å². The monoisotopic (exact) mass is 259 g/mol. The molecule has 102 valence electrons. The van der Waals surface area contributed by atoms with Gasteiger partial charge < -0.3 is 10.1 Å². The Kier molecular flexibility index (Phi) is 10.2. The van der Waals surface area contributed by atoms with Gasteiger partial charge in [0.15, 0.2) is 0 Å². The van der Waals surface area contributed by atoms with E-state index in [4.69, 9.17) is 4.74 Å². The van der Waals surface area contributed by atoms with Crippen LogP contribution >= 0.6 is 12.6 Å². The number of thiol groups is 1. The maximum Gasteiger partial charge on any atom is 0.0575 e. The molecule has 17 heavy (non-hydrogen) atoms. The Morgan fingerprint density at radius 3 is 2.41 bits per heavy atom. The summed E-state index contributed by atoms with van der Waals surface area (Å²) in [5, 5.41) is 3.37. The van der Waals surface area contributed by atoms with Gasteiger partial charge in [-0.25, -0.2) is 0 Å². The van der Waals surface area contributed by atoms with E-state index in [2.05, 4.69) is 17.9 Å². The fourth-order valence-electron chi connectivity index (χ4n) is 2.39. The van der Waals surface area contributed by atoms with Crippen LogP contribution in [0.15, 0.2) is 0 Å². The van der Waals surface area contributed by atoms with Crippen molar-refractivity contribution in [1.29, 1.82) is 0 Å². The number of unbranched alkanes of at least 4 members (excludes halogenated alkanes) is 2. The number of rotatable bonds is 9. The zero-order valence-electron chi connectivity index (χ0n) is 11.1. The minimum absolute atomic E-state index is 0.569. The van der Waals surface area contributed by atoms with Crippen molar-refractivity contribution < 1.29 is 4.74 Å². The van der Waals surface area contributed by atoms with Crippen molar-refractivity contribution in [3.8, 4) is 0 Å². The Morgan fingerprint density at radius 2 is 1.71 bits per heavy atom. The molecule has 0 unspecified atom stereocenters. The topological polar surface area (TPSA) is 21.3 Å². The summed E-state index contributed by atoms with van der Waals surface area (Å²) in [7, 11) is 0. The summed E-state index contributed by atoms with van der Waals surface area (Å²) >= 11 is 4.16. The molecule has 1 aliphatic rings. The number of hydrogen-bond donors (Lipinski definition) is 2. The summed E-state index contributed by atoms with van der Waals surface area (Å²) in [4.78, 5) is 0. The van der Waals surface area contributed by atoms with Gasteiger partial charge in [-0.15, -0.1) is 0 Å². The van der Waals surface area contributed by atoms with Gasteiger partial charge in [0.05, 0.1) is 6.10 Å². The summed E-state index contributed by atoms with van der Waals surface area (Å²) in [6, 6.07) is 0. The van der Waals surface area contributed by atoms with E-state index in [1.165, 1.54) is 57.8 Å². The smallest absolute Gasteiger partial charge is 0.0575 e. The molecule has 1 N–H and O–H groups in total. The second kappa shape index (κ2) is 11.4. The second-order valence-corrected chi connectivity index (χ2v) is 5.47. The third-order valence-corrected chi connectivity index (χ3v) is 3.67. The predicted octanol–water partition coefficient (Wildman–Crippen LogP) is 3.42. The Bertz CT molecular complexity index is 158. The van der Waals surface area contributed by atoms with Gasteiger partial charge in [-0.1, -0.05) is 25.7 Å². The van der Waals surface area contributed by atoms with Crippen LogP contribution in [0, 0.1) is 0 Å². The molecule has 1 rings (SSSR count). The average Bonchev–Trinajstić information content (AvgIpc) is 2.61. The molecule has 0 bridgehead atoms. The molecule has 0 amide bonds. The van der Waals surface area contributed by atoms with Crippen LogP contribution in [0.4, 0.5) is 0 Å². The summed E-state index contributed by atoms with van der Waals surface area (Å²) in [5.41, 5.74) is 0. The first-order valence-electron chi connectivity index (χ1n) is 7.36. The minimum atomic E-state index is 0.569. The highest BCUT2D eigenvalue weighted by molar-refractivity contribution is 7.80.